The zero-order valence-electron chi connectivity index (χ0n) is 28.6. The first-order chi connectivity index (χ1) is 20.0. The van der Waals surface area contributed by atoms with E-state index in [1.807, 2.05) is 0 Å². The van der Waals surface area contributed by atoms with Crippen molar-refractivity contribution in [2.45, 2.75) is 193 Å². The molecule has 0 aromatic carbocycles. The van der Waals surface area contributed by atoms with Crippen LogP contribution in [-0.4, -0.2) is 49.2 Å². The molecule has 0 amide bonds. The lowest BCUT2D eigenvalue weighted by molar-refractivity contribution is -0.890. The molecule has 0 aromatic heterocycles. The molecule has 0 saturated carbocycles. The fraction of sp³-hybridized carbons (Fsp3) is 0.921. The Morgan fingerprint density at radius 3 is 1.22 bits per heavy atom. The molecule has 0 aliphatic rings. The average Bonchev–Trinajstić information content (AvgIpc) is 2.94. The number of aliphatic hydroxyl groups is 1. The van der Waals surface area contributed by atoms with Crippen molar-refractivity contribution in [3.63, 3.8) is 0 Å². The van der Waals surface area contributed by atoms with Crippen LogP contribution in [0.25, 0.3) is 0 Å². The number of unbranched alkanes of at least 4 members (excludes halogenated alkanes) is 24. The van der Waals surface area contributed by atoms with Crippen LogP contribution < -0.4 is 0 Å². The minimum absolute atomic E-state index is 0.298. The molecular weight excluding hydrogens is 502 g/mol. The van der Waals surface area contributed by atoms with Gasteiger partial charge in [0.05, 0.1) is 27.2 Å². The number of likely N-dealkylation sites (N-methyl/N-ethyl adjacent to an activating group) is 1. The summed E-state index contributed by atoms with van der Waals surface area (Å²) < 4.78 is 0.951. The Labute approximate surface area is 258 Å². The summed E-state index contributed by atoms with van der Waals surface area (Å²) in [4.78, 5) is 12.2. The van der Waals surface area contributed by atoms with Gasteiger partial charge in [-0.05, 0) is 51.4 Å². The van der Waals surface area contributed by atoms with E-state index in [9.17, 15) is 4.79 Å². The van der Waals surface area contributed by atoms with Gasteiger partial charge in [-0.3, -0.25) is 4.79 Å². The standard InChI is InChI=1S/C38H76NO2/c1-4-5-6-7-8-9-10-11-12-15-18-21-24-27-30-33-38(41)34-31-28-25-22-19-16-13-14-17-20-23-26-29-32-35-39(2,3)36-37-40/h11-12,40H,4-10,13-37H2,1-3H3/q+1/b12-11-. The van der Waals surface area contributed by atoms with Gasteiger partial charge in [0.2, 0.25) is 0 Å². The molecule has 0 heterocycles. The van der Waals surface area contributed by atoms with E-state index in [1.165, 1.54) is 167 Å². The smallest absolute Gasteiger partial charge is 0.132 e. The number of rotatable bonds is 34. The van der Waals surface area contributed by atoms with E-state index in [0.717, 1.165) is 36.7 Å². The topological polar surface area (TPSA) is 37.3 Å². The van der Waals surface area contributed by atoms with Crippen LogP contribution in [0.2, 0.25) is 0 Å². The highest BCUT2D eigenvalue weighted by Crippen LogP contribution is 2.15. The maximum absolute atomic E-state index is 12.2. The van der Waals surface area contributed by atoms with Crippen molar-refractivity contribution in [2.24, 2.45) is 0 Å². The third-order valence-electron chi connectivity index (χ3n) is 8.89. The van der Waals surface area contributed by atoms with E-state index in [1.54, 1.807) is 0 Å². The summed E-state index contributed by atoms with van der Waals surface area (Å²) >= 11 is 0. The average molecular weight is 579 g/mol. The van der Waals surface area contributed by atoms with Crippen molar-refractivity contribution in [1.29, 1.82) is 0 Å². The van der Waals surface area contributed by atoms with Crippen molar-refractivity contribution in [2.75, 3.05) is 33.8 Å². The maximum Gasteiger partial charge on any atom is 0.132 e. The van der Waals surface area contributed by atoms with Gasteiger partial charge in [-0.2, -0.15) is 0 Å². The first kappa shape index (κ1) is 40.3. The largest absolute Gasteiger partial charge is 0.391 e. The van der Waals surface area contributed by atoms with Crippen LogP contribution in [-0.2, 0) is 4.79 Å². The third kappa shape index (κ3) is 33.7. The molecule has 0 atom stereocenters. The van der Waals surface area contributed by atoms with Gasteiger partial charge in [0.1, 0.15) is 12.3 Å². The number of carbonyl (C=O) groups excluding carboxylic acids is 1. The van der Waals surface area contributed by atoms with Gasteiger partial charge in [0.15, 0.2) is 0 Å². The second-order valence-electron chi connectivity index (χ2n) is 13.7. The molecule has 0 rings (SSSR count). The third-order valence-corrected chi connectivity index (χ3v) is 8.89. The highest BCUT2D eigenvalue weighted by molar-refractivity contribution is 5.78. The number of nitrogens with zero attached hydrogens (tertiary/aromatic N) is 1. The number of carbonyl (C=O) groups is 1. The number of aliphatic hydroxyl groups excluding tert-OH is 1. The normalized spacial score (nSPS) is 12.1. The van der Waals surface area contributed by atoms with Gasteiger partial charge < -0.3 is 9.59 Å². The zero-order chi connectivity index (χ0) is 30.1. The lowest BCUT2D eigenvalue weighted by Gasteiger charge is -2.28. The molecule has 244 valence electrons. The van der Waals surface area contributed by atoms with E-state index in [2.05, 4.69) is 33.2 Å². The predicted octanol–water partition coefficient (Wildman–Crippen LogP) is 11.5. The first-order valence-corrected chi connectivity index (χ1v) is 18.6. The van der Waals surface area contributed by atoms with Gasteiger partial charge >= 0.3 is 0 Å². The summed E-state index contributed by atoms with van der Waals surface area (Å²) in [6, 6.07) is 0. The highest BCUT2D eigenvalue weighted by Gasteiger charge is 2.12. The van der Waals surface area contributed by atoms with Crippen LogP contribution in [0.4, 0.5) is 0 Å². The quantitative estimate of drug-likeness (QED) is 0.0468. The molecule has 0 unspecified atom stereocenters. The van der Waals surface area contributed by atoms with Crippen LogP contribution in [0, 0.1) is 0 Å². The number of allylic oxidation sites excluding steroid dienone is 2. The van der Waals surface area contributed by atoms with Crippen LogP contribution in [0.1, 0.15) is 193 Å². The molecule has 0 spiro atoms. The minimum atomic E-state index is 0.298. The number of hydrogen-bond acceptors (Lipinski definition) is 2. The van der Waals surface area contributed by atoms with Gasteiger partial charge in [-0.15, -0.1) is 0 Å². The zero-order valence-corrected chi connectivity index (χ0v) is 28.6. The van der Waals surface area contributed by atoms with Crippen molar-refractivity contribution in [3.8, 4) is 0 Å². The fourth-order valence-electron chi connectivity index (χ4n) is 5.88. The van der Waals surface area contributed by atoms with E-state index >= 15 is 0 Å². The van der Waals surface area contributed by atoms with E-state index in [0.29, 0.717) is 12.4 Å². The second kappa shape index (κ2) is 32.2. The van der Waals surface area contributed by atoms with E-state index in [4.69, 9.17) is 5.11 Å². The first-order valence-electron chi connectivity index (χ1n) is 18.6. The molecule has 1 N–H and O–H groups in total. The number of ketones is 1. The molecule has 0 aliphatic carbocycles. The van der Waals surface area contributed by atoms with Crippen LogP contribution in [0.15, 0.2) is 12.2 Å². The van der Waals surface area contributed by atoms with Crippen molar-refractivity contribution >= 4 is 5.78 Å². The molecule has 3 heteroatoms. The van der Waals surface area contributed by atoms with E-state index < -0.39 is 0 Å². The van der Waals surface area contributed by atoms with Crippen LogP contribution in [0.5, 0.6) is 0 Å². The van der Waals surface area contributed by atoms with Gasteiger partial charge in [-0.25, -0.2) is 0 Å². The lowest BCUT2D eigenvalue weighted by atomic mass is 10.0. The van der Waals surface area contributed by atoms with Crippen molar-refractivity contribution < 1.29 is 14.4 Å². The number of quaternary nitrogens is 1. The summed E-state index contributed by atoms with van der Waals surface area (Å²) in [7, 11) is 4.44. The SMILES string of the molecule is CCCCCCCC/C=C\CCCCCCCC(=O)CCCCCCCCCCCCCCCC[N+](C)(C)CCO. The van der Waals surface area contributed by atoms with Crippen molar-refractivity contribution in [1.82, 2.24) is 0 Å². The molecular formula is C38H76NO2+. The Balaban J connectivity index is 3.24. The Hall–Kier alpha value is -0.670. The van der Waals surface area contributed by atoms with Crippen LogP contribution in [0.3, 0.4) is 0 Å². The second-order valence-corrected chi connectivity index (χ2v) is 13.7. The maximum atomic E-state index is 12.2. The monoisotopic (exact) mass is 579 g/mol. The summed E-state index contributed by atoms with van der Waals surface area (Å²) in [5.41, 5.74) is 0. The Morgan fingerprint density at radius 2 is 0.829 bits per heavy atom. The Morgan fingerprint density at radius 1 is 0.488 bits per heavy atom. The predicted molar refractivity (Wildman–Crippen MR) is 183 cm³/mol. The molecule has 0 radical (unpaired) electrons. The van der Waals surface area contributed by atoms with Crippen molar-refractivity contribution in [3.05, 3.63) is 12.2 Å². The van der Waals surface area contributed by atoms with Gasteiger partial charge in [0.25, 0.3) is 0 Å². The number of Topliss-reactive ketones (excluding diaryl/α,β-unsaturated/α-hetero) is 1. The van der Waals surface area contributed by atoms with E-state index in [-0.39, 0.29) is 0 Å². The summed E-state index contributed by atoms with van der Waals surface area (Å²) in [5, 5.41) is 9.10. The molecule has 3 nitrogen and oxygen atoms in total. The summed E-state index contributed by atoms with van der Waals surface area (Å²) in [5.74, 6) is 0.507. The molecule has 0 bridgehead atoms. The molecule has 0 saturated heterocycles. The van der Waals surface area contributed by atoms with Gasteiger partial charge in [-0.1, -0.05) is 141 Å². The molecule has 41 heavy (non-hydrogen) atoms. The van der Waals surface area contributed by atoms with Crippen LogP contribution >= 0.6 is 0 Å². The Kier molecular flexibility index (Phi) is 31.7. The fourth-order valence-corrected chi connectivity index (χ4v) is 5.88. The Bertz CT molecular complexity index is 556. The van der Waals surface area contributed by atoms with Gasteiger partial charge in [0, 0.05) is 12.8 Å². The molecule has 0 aromatic rings. The highest BCUT2D eigenvalue weighted by atomic mass is 16.3. The molecule has 0 fully saturated rings. The molecule has 0 aliphatic heterocycles. The summed E-state index contributed by atoms with van der Waals surface area (Å²) in [6.07, 6.45) is 42.4. The lowest BCUT2D eigenvalue weighted by Crippen LogP contribution is -2.42. The minimum Gasteiger partial charge on any atom is -0.391 e. The number of hydrogen-bond donors (Lipinski definition) is 1. The summed E-state index contributed by atoms with van der Waals surface area (Å²) in [6.45, 7) is 4.64.